The molecule has 2 atom stereocenters. The Bertz CT molecular complexity index is 1250. The molecule has 7 nitrogen and oxygen atoms in total. The summed E-state index contributed by atoms with van der Waals surface area (Å²) in [4.78, 5) is 25.2. The van der Waals surface area contributed by atoms with Gasteiger partial charge in [-0.3, -0.25) is 4.79 Å². The van der Waals surface area contributed by atoms with E-state index in [1.54, 1.807) is 12.1 Å². The number of aliphatic hydroxyl groups is 1. The van der Waals surface area contributed by atoms with Crippen LogP contribution >= 0.6 is 11.3 Å². The van der Waals surface area contributed by atoms with Gasteiger partial charge in [-0.1, -0.05) is 24.3 Å². The molecule has 8 heteroatoms. The number of thiophene rings is 1. The Balaban J connectivity index is 1.27. The molecule has 2 unspecified atom stereocenters. The molecule has 3 aromatic rings. The van der Waals surface area contributed by atoms with E-state index in [1.165, 1.54) is 22.5 Å². The van der Waals surface area contributed by atoms with Crippen LogP contribution in [0.4, 0.5) is 10.7 Å². The number of nitrogens with one attached hydrogen (secondary N) is 2. The number of fused-ring (bicyclic) bond motifs is 1. The van der Waals surface area contributed by atoms with Crippen LogP contribution in [0.5, 0.6) is 0 Å². The highest BCUT2D eigenvalue weighted by molar-refractivity contribution is 7.15. The van der Waals surface area contributed by atoms with Gasteiger partial charge in [-0.05, 0) is 90.3 Å². The summed E-state index contributed by atoms with van der Waals surface area (Å²) >= 11 is 1.27. The summed E-state index contributed by atoms with van der Waals surface area (Å²) in [6.45, 7) is 1.44. The van der Waals surface area contributed by atoms with Crippen LogP contribution in [0.1, 0.15) is 62.6 Å². The zero-order valence-corrected chi connectivity index (χ0v) is 21.4. The van der Waals surface area contributed by atoms with Gasteiger partial charge in [0.15, 0.2) is 0 Å². The van der Waals surface area contributed by atoms with Crippen molar-refractivity contribution in [1.29, 1.82) is 0 Å². The maximum Gasteiger partial charge on any atom is 0.339 e. The van der Waals surface area contributed by atoms with Gasteiger partial charge >= 0.3 is 5.97 Å². The Morgan fingerprint density at radius 2 is 1.76 bits per heavy atom. The summed E-state index contributed by atoms with van der Waals surface area (Å²) in [5.41, 5.74) is 4.85. The van der Waals surface area contributed by atoms with Gasteiger partial charge in [-0.15, -0.1) is 11.3 Å². The Kier molecular flexibility index (Phi) is 7.88. The third kappa shape index (κ3) is 5.71. The fourth-order valence-electron chi connectivity index (χ4n) is 5.49. The molecule has 37 heavy (non-hydrogen) atoms. The monoisotopic (exact) mass is 520 g/mol. The fourth-order valence-corrected chi connectivity index (χ4v) is 6.52. The Morgan fingerprint density at radius 3 is 2.46 bits per heavy atom. The van der Waals surface area contributed by atoms with Crippen LogP contribution in [0.15, 0.2) is 53.9 Å². The molecule has 0 saturated carbocycles. The number of rotatable bonds is 8. The quantitative estimate of drug-likeness (QED) is 0.326. The first-order chi connectivity index (χ1) is 18.0. The summed E-state index contributed by atoms with van der Waals surface area (Å²) < 4.78 is 5.42. The second kappa shape index (κ2) is 11.5. The second-order valence-electron chi connectivity index (χ2n) is 9.82. The molecule has 4 N–H and O–H groups in total. The minimum Gasteiger partial charge on any atom is -0.478 e. The normalized spacial score (nSPS) is 18.6. The van der Waals surface area contributed by atoms with E-state index in [-0.39, 0.29) is 30.0 Å². The number of ether oxygens (including phenoxy) is 1. The van der Waals surface area contributed by atoms with Crippen molar-refractivity contribution in [1.82, 2.24) is 0 Å². The van der Waals surface area contributed by atoms with Gasteiger partial charge in [0, 0.05) is 24.5 Å². The van der Waals surface area contributed by atoms with Crippen LogP contribution in [0.3, 0.4) is 0 Å². The largest absolute Gasteiger partial charge is 0.478 e. The SMILES string of the molecule is O=C(Nc1scc(C2CCc3ccccc3C2)c1C(=O)O)c1ccc(NC(CO)C2CCOCC2)cc1. The molecule has 2 heterocycles. The first-order valence-electron chi connectivity index (χ1n) is 12.8. The maximum atomic E-state index is 13.0. The average molecular weight is 521 g/mol. The number of hydrogen-bond acceptors (Lipinski definition) is 6. The molecule has 1 aliphatic heterocycles. The Labute approximate surface area is 220 Å². The maximum absolute atomic E-state index is 13.0. The highest BCUT2D eigenvalue weighted by Gasteiger charge is 2.28. The van der Waals surface area contributed by atoms with Crippen molar-refractivity contribution < 1.29 is 24.5 Å². The number of aromatic carboxylic acids is 1. The third-order valence-electron chi connectivity index (χ3n) is 7.58. The van der Waals surface area contributed by atoms with Gasteiger partial charge in [0.05, 0.1) is 18.2 Å². The van der Waals surface area contributed by atoms with E-state index < -0.39 is 5.97 Å². The zero-order valence-electron chi connectivity index (χ0n) is 20.6. The molecule has 2 aromatic carbocycles. The molecule has 1 aliphatic carbocycles. The van der Waals surface area contributed by atoms with Crippen LogP contribution in [-0.4, -0.2) is 48.0 Å². The van der Waals surface area contributed by atoms with Crippen molar-refractivity contribution in [2.24, 2.45) is 5.92 Å². The minimum atomic E-state index is -1.02. The summed E-state index contributed by atoms with van der Waals surface area (Å²) in [5.74, 6) is -0.919. The summed E-state index contributed by atoms with van der Waals surface area (Å²) in [6, 6.07) is 15.3. The number of hydrogen-bond donors (Lipinski definition) is 4. The van der Waals surface area contributed by atoms with Crippen LogP contribution in [0.25, 0.3) is 0 Å². The highest BCUT2D eigenvalue weighted by atomic mass is 32.1. The lowest BCUT2D eigenvalue weighted by atomic mass is 9.80. The number of aliphatic hydroxyl groups excluding tert-OH is 1. The lowest BCUT2D eigenvalue weighted by Gasteiger charge is -2.30. The van der Waals surface area contributed by atoms with Crippen molar-refractivity contribution in [3.05, 3.63) is 81.7 Å². The third-order valence-corrected chi connectivity index (χ3v) is 8.49. The van der Waals surface area contributed by atoms with Gasteiger partial charge in [0.1, 0.15) is 5.00 Å². The number of carboxylic acid groups (broad SMARTS) is 1. The summed E-state index contributed by atoms with van der Waals surface area (Å²) in [5, 5.41) is 28.3. The topological polar surface area (TPSA) is 108 Å². The van der Waals surface area contributed by atoms with E-state index >= 15 is 0 Å². The molecule has 5 rings (SSSR count). The van der Waals surface area contributed by atoms with Gasteiger partial charge in [0.2, 0.25) is 0 Å². The standard InChI is InChI=1S/C29H32N2O5S/c32-16-25(19-11-13-36-14-12-19)30-23-9-7-20(8-10-23)27(33)31-28-26(29(34)35)24(17-37-28)22-6-5-18-3-1-2-4-21(18)15-22/h1-4,7-10,17,19,22,25,30,32H,5-6,11-16H2,(H,31,33)(H,34,35). The van der Waals surface area contributed by atoms with Crippen LogP contribution in [0, 0.1) is 5.92 Å². The molecule has 0 bridgehead atoms. The molecule has 194 valence electrons. The van der Waals surface area contributed by atoms with Crippen molar-refractivity contribution >= 4 is 33.9 Å². The van der Waals surface area contributed by atoms with E-state index in [2.05, 4.69) is 22.8 Å². The molecule has 2 aliphatic rings. The second-order valence-corrected chi connectivity index (χ2v) is 10.7. The number of carbonyl (C=O) groups is 2. The highest BCUT2D eigenvalue weighted by Crippen LogP contribution is 2.40. The van der Waals surface area contributed by atoms with Gasteiger partial charge < -0.3 is 25.6 Å². The summed E-state index contributed by atoms with van der Waals surface area (Å²) in [7, 11) is 0. The number of carbonyl (C=O) groups excluding carboxylic acids is 1. The van der Waals surface area contributed by atoms with E-state index in [0.29, 0.717) is 29.7 Å². The van der Waals surface area contributed by atoms with Gasteiger partial charge in [-0.25, -0.2) is 4.79 Å². The van der Waals surface area contributed by atoms with E-state index in [4.69, 9.17) is 4.74 Å². The van der Waals surface area contributed by atoms with Crippen LogP contribution in [0.2, 0.25) is 0 Å². The Morgan fingerprint density at radius 1 is 1.03 bits per heavy atom. The molecule has 1 amide bonds. The van der Waals surface area contributed by atoms with Gasteiger partial charge in [0.25, 0.3) is 5.91 Å². The van der Waals surface area contributed by atoms with Crippen molar-refractivity contribution in [3.8, 4) is 0 Å². The summed E-state index contributed by atoms with van der Waals surface area (Å²) in [6.07, 6.45) is 4.42. The molecular formula is C29H32N2O5S. The minimum absolute atomic E-state index is 0.0260. The molecule has 1 aromatic heterocycles. The number of anilines is 2. The zero-order chi connectivity index (χ0) is 25.8. The van der Waals surface area contributed by atoms with E-state index in [0.717, 1.165) is 43.4 Å². The molecule has 1 fully saturated rings. The fraction of sp³-hybridized carbons (Fsp3) is 0.379. The lowest BCUT2D eigenvalue weighted by molar-refractivity contribution is 0.0534. The first kappa shape index (κ1) is 25.4. The molecular weight excluding hydrogens is 488 g/mol. The van der Waals surface area contributed by atoms with E-state index in [9.17, 15) is 19.8 Å². The van der Waals surface area contributed by atoms with Crippen LogP contribution < -0.4 is 10.6 Å². The number of amides is 1. The molecule has 1 saturated heterocycles. The van der Waals surface area contributed by atoms with Gasteiger partial charge in [-0.2, -0.15) is 0 Å². The van der Waals surface area contributed by atoms with Crippen molar-refractivity contribution in [3.63, 3.8) is 0 Å². The Hall–Kier alpha value is -3.20. The number of aryl methyl sites for hydroxylation is 1. The van der Waals surface area contributed by atoms with E-state index in [1.807, 2.05) is 29.6 Å². The molecule has 0 radical (unpaired) electrons. The number of carboxylic acids is 1. The first-order valence-corrected chi connectivity index (χ1v) is 13.7. The number of benzene rings is 2. The van der Waals surface area contributed by atoms with Crippen LogP contribution in [-0.2, 0) is 17.6 Å². The predicted octanol–water partition coefficient (Wildman–Crippen LogP) is 5.17. The average Bonchev–Trinajstić information content (AvgIpc) is 3.36. The van der Waals surface area contributed by atoms with Crippen molar-refractivity contribution in [2.45, 2.75) is 44.1 Å². The molecule has 0 spiro atoms. The van der Waals surface area contributed by atoms with Crippen molar-refractivity contribution in [2.75, 3.05) is 30.5 Å². The predicted molar refractivity (Wildman–Crippen MR) is 145 cm³/mol. The smallest absolute Gasteiger partial charge is 0.339 e. The lowest BCUT2D eigenvalue weighted by Crippen LogP contribution is -2.36.